The first-order valence-corrected chi connectivity index (χ1v) is 9.01. The molecule has 9 heteroatoms. The number of carbonyl (C=O) groups is 2. The van der Waals surface area contributed by atoms with Crippen LogP contribution in [0.1, 0.15) is 17.3 Å². The van der Waals surface area contributed by atoms with Gasteiger partial charge >= 0.3 is 0 Å². The second kappa shape index (κ2) is 8.27. The van der Waals surface area contributed by atoms with Crippen LogP contribution in [0, 0.1) is 11.3 Å². The van der Waals surface area contributed by atoms with Crippen molar-refractivity contribution in [1.82, 2.24) is 0 Å². The van der Waals surface area contributed by atoms with Crippen molar-refractivity contribution in [3.8, 4) is 6.07 Å². The highest BCUT2D eigenvalue weighted by Crippen LogP contribution is 2.16. The number of hydrogen-bond acceptors (Lipinski definition) is 6. The van der Waals surface area contributed by atoms with Gasteiger partial charge in [-0.3, -0.25) is 14.1 Å². The molecule has 2 rings (SSSR count). The molecule has 0 unspecified atom stereocenters. The Bertz CT molecular complexity index is 1070. The quantitative estimate of drug-likeness (QED) is 0.301. The van der Waals surface area contributed by atoms with Crippen LogP contribution in [0.5, 0.6) is 0 Å². The molecule has 0 aromatic heterocycles. The Morgan fingerprint density at radius 2 is 1.78 bits per heavy atom. The van der Waals surface area contributed by atoms with Gasteiger partial charge in [-0.1, -0.05) is 18.2 Å². The molecule has 27 heavy (non-hydrogen) atoms. The smallest absolute Gasteiger partial charge is 0.294 e. The number of carbonyl (C=O) groups excluding carboxylic acids is 2. The molecule has 0 saturated heterocycles. The van der Waals surface area contributed by atoms with Crippen LogP contribution in [0.15, 0.2) is 65.2 Å². The largest absolute Gasteiger partial charge is 0.360 e. The van der Waals surface area contributed by atoms with E-state index in [0.717, 1.165) is 12.3 Å². The van der Waals surface area contributed by atoms with Crippen molar-refractivity contribution >= 4 is 33.2 Å². The van der Waals surface area contributed by atoms with E-state index in [2.05, 4.69) is 10.6 Å². The van der Waals surface area contributed by atoms with E-state index in [9.17, 15) is 23.3 Å². The lowest BCUT2D eigenvalue weighted by Crippen LogP contribution is -2.15. The van der Waals surface area contributed by atoms with Gasteiger partial charge in [-0.15, -0.1) is 0 Å². The number of Topliss-reactive ketones (excluding diaryl/α,β-unsaturated/α-hetero) is 1. The Labute approximate surface area is 155 Å². The molecule has 138 valence electrons. The maximum absolute atomic E-state index is 12.2. The molecule has 1 amide bonds. The highest BCUT2D eigenvalue weighted by molar-refractivity contribution is 7.85. The van der Waals surface area contributed by atoms with Crippen LogP contribution in [-0.4, -0.2) is 24.7 Å². The Morgan fingerprint density at radius 3 is 2.41 bits per heavy atom. The van der Waals surface area contributed by atoms with Crippen LogP contribution in [0.4, 0.5) is 11.4 Å². The first kappa shape index (κ1) is 19.8. The minimum absolute atomic E-state index is 0.164. The molecule has 0 saturated carbocycles. The lowest BCUT2D eigenvalue weighted by molar-refractivity contribution is -0.112. The van der Waals surface area contributed by atoms with E-state index in [-0.39, 0.29) is 21.9 Å². The summed E-state index contributed by atoms with van der Waals surface area (Å²) in [5.41, 5.74) is 0.738. The van der Waals surface area contributed by atoms with E-state index in [4.69, 9.17) is 4.55 Å². The molecule has 0 spiro atoms. The predicted molar refractivity (Wildman–Crippen MR) is 98.7 cm³/mol. The van der Waals surface area contributed by atoms with Gasteiger partial charge < -0.3 is 10.6 Å². The van der Waals surface area contributed by atoms with Crippen molar-refractivity contribution in [2.75, 3.05) is 10.6 Å². The maximum Gasteiger partial charge on any atom is 0.294 e. The average Bonchev–Trinajstić information content (AvgIpc) is 2.62. The SMILES string of the molecule is CC(=O)c1cccc(NC(=O)/C(C#N)=C\Nc2cccc(S(=O)(=O)O)c2)c1. The van der Waals surface area contributed by atoms with Gasteiger partial charge in [0.25, 0.3) is 16.0 Å². The summed E-state index contributed by atoms with van der Waals surface area (Å²) < 4.78 is 31.3. The van der Waals surface area contributed by atoms with Gasteiger partial charge in [-0.2, -0.15) is 13.7 Å². The van der Waals surface area contributed by atoms with Crippen molar-refractivity contribution in [2.45, 2.75) is 11.8 Å². The maximum atomic E-state index is 12.2. The zero-order chi connectivity index (χ0) is 20.0. The molecule has 8 nitrogen and oxygen atoms in total. The lowest BCUT2D eigenvalue weighted by Gasteiger charge is -2.07. The van der Waals surface area contributed by atoms with Gasteiger partial charge in [0.05, 0.1) is 4.90 Å². The Balaban J connectivity index is 2.17. The molecule has 0 heterocycles. The van der Waals surface area contributed by atoms with E-state index in [1.165, 1.54) is 31.2 Å². The summed E-state index contributed by atoms with van der Waals surface area (Å²) in [6.45, 7) is 1.40. The summed E-state index contributed by atoms with van der Waals surface area (Å²) in [6, 6.07) is 13.2. The van der Waals surface area contributed by atoms with Crippen LogP contribution in [0.2, 0.25) is 0 Å². The number of nitrogens with zero attached hydrogens (tertiary/aromatic N) is 1. The normalized spacial score (nSPS) is 11.4. The molecular weight excluding hydrogens is 370 g/mol. The Morgan fingerprint density at radius 1 is 1.11 bits per heavy atom. The monoisotopic (exact) mass is 385 g/mol. The van der Waals surface area contributed by atoms with Gasteiger partial charge in [0, 0.05) is 23.1 Å². The first-order chi connectivity index (χ1) is 12.7. The third-order valence-electron chi connectivity index (χ3n) is 3.41. The van der Waals surface area contributed by atoms with Crippen LogP contribution in [0.25, 0.3) is 0 Å². The molecule has 0 aliphatic heterocycles. The lowest BCUT2D eigenvalue weighted by atomic mass is 10.1. The summed E-state index contributed by atoms with van der Waals surface area (Å²) in [4.78, 5) is 23.3. The number of anilines is 2. The van der Waals surface area contributed by atoms with Crippen LogP contribution < -0.4 is 10.6 Å². The molecule has 0 fully saturated rings. The van der Waals surface area contributed by atoms with Crippen LogP contribution in [0.3, 0.4) is 0 Å². The number of amides is 1. The zero-order valence-corrected chi connectivity index (χ0v) is 14.9. The van der Waals surface area contributed by atoms with Crippen LogP contribution in [-0.2, 0) is 14.9 Å². The molecule has 0 atom stereocenters. The molecule has 2 aromatic carbocycles. The van der Waals surface area contributed by atoms with E-state index in [1.807, 2.05) is 0 Å². The summed E-state index contributed by atoms with van der Waals surface area (Å²) in [5.74, 6) is -0.876. The van der Waals surface area contributed by atoms with E-state index >= 15 is 0 Å². The van der Waals surface area contributed by atoms with Crippen molar-refractivity contribution in [2.24, 2.45) is 0 Å². The summed E-state index contributed by atoms with van der Waals surface area (Å²) in [6.07, 6.45) is 1.10. The number of hydrogen-bond donors (Lipinski definition) is 3. The van der Waals surface area contributed by atoms with Crippen LogP contribution >= 0.6 is 0 Å². The first-order valence-electron chi connectivity index (χ1n) is 7.57. The molecule has 0 bridgehead atoms. The summed E-state index contributed by atoms with van der Waals surface area (Å²) >= 11 is 0. The average molecular weight is 385 g/mol. The number of benzene rings is 2. The fourth-order valence-corrected chi connectivity index (χ4v) is 2.59. The van der Waals surface area contributed by atoms with Gasteiger partial charge in [0.15, 0.2) is 5.78 Å². The standard InChI is InChI=1S/C18H15N3O5S/c1-12(22)13-4-2-6-16(8-13)21-18(23)14(10-19)11-20-15-5-3-7-17(9-15)27(24,25)26/h2-9,11,20H,1H3,(H,21,23)(H,24,25,26)/b14-11-. The number of rotatable bonds is 6. The highest BCUT2D eigenvalue weighted by atomic mass is 32.2. The van der Waals surface area contributed by atoms with Gasteiger partial charge in [0.2, 0.25) is 0 Å². The number of nitriles is 1. The minimum Gasteiger partial charge on any atom is -0.360 e. The van der Waals surface area contributed by atoms with Crippen molar-refractivity contribution < 1.29 is 22.6 Å². The Hall–Kier alpha value is -3.48. The zero-order valence-electron chi connectivity index (χ0n) is 14.1. The molecule has 0 aliphatic rings. The molecule has 0 aliphatic carbocycles. The fourth-order valence-electron chi connectivity index (χ4n) is 2.06. The number of nitrogens with one attached hydrogen (secondary N) is 2. The predicted octanol–water partition coefficient (Wildman–Crippen LogP) is 2.59. The molecule has 2 aromatic rings. The summed E-state index contributed by atoms with van der Waals surface area (Å²) in [7, 11) is -4.37. The number of ketones is 1. The minimum atomic E-state index is -4.37. The second-order valence-corrected chi connectivity index (χ2v) is 6.83. The van der Waals surface area contributed by atoms with E-state index in [0.29, 0.717) is 11.3 Å². The third kappa shape index (κ3) is 5.50. The van der Waals surface area contributed by atoms with Gasteiger partial charge in [-0.05, 0) is 37.3 Å². The fraction of sp³-hybridized carbons (Fsp3) is 0.0556. The van der Waals surface area contributed by atoms with Gasteiger partial charge in [-0.25, -0.2) is 0 Å². The highest BCUT2D eigenvalue weighted by Gasteiger charge is 2.12. The summed E-state index contributed by atoms with van der Waals surface area (Å²) in [5, 5.41) is 14.3. The van der Waals surface area contributed by atoms with E-state index < -0.39 is 16.0 Å². The molecular formula is C18H15N3O5S. The molecule has 3 N–H and O–H groups in total. The second-order valence-electron chi connectivity index (χ2n) is 5.41. The van der Waals surface area contributed by atoms with Crippen molar-refractivity contribution in [3.63, 3.8) is 0 Å². The topological polar surface area (TPSA) is 136 Å². The van der Waals surface area contributed by atoms with E-state index in [1.54, 1.807) is 24.3 Å². The molecule has 0 radical (unpaired) electrons. The van der Waals surface area contributed by atoms with Crippen molar-refractivity contribution in [1.29, 1.82) is 5.26 Å². The third-order valence-corrected chi connectivity index (χ3v) is 4.26. The van der Waals surface area contributed by atoms with Gasteiger partial charge in [0.1, 0.15) is 11.6 Å². The van der Waals surface area contributed by atoms with Crippen molar-refractivity contribution in [3.05, 3.63) is 65.9 Å². The Kier molecular flexibility index (Phi) is 6.07.